The Balaban J connectivity index is 1.18. The number of amides is 3. The van der Waals surface area contributed by atoms with Crippen molar-refractivity contribution in [3.63, 3.8) is 0 Å². The molecule has 1 saturated heterocycles. The number of nitrogens with one attached hydrogen (secondary N) is 2. The van der Waals surface area contributed by atoms with Gasteiger partial charge in [-0.3, -0.25) is 4.79 Å². The molecule has 8 heteroatoms. The highest BCUT2D eigenvalue weighted by atomic mass is 16.7. The number of fused-ring (bicyclic) bond motifs is 1. The predicted octanol–water partition coefficient (Wildman–Crippen LogP) is 2.15. The van der Waals surface area contributed by atoms with Gasteiger partial charge in [0.15, 0.2) is 11.5 Å². The van der Waals surface area contributed by atoms with E-state index in [1.165, 1.54) is 0 Å². The van der Waals surface area contributed by atoms with Crippen molar-refractivity contribution in [1.82, 2.24) is 10.6 Å². The number of urea groups is 1. The van der Waals surface area contributed by atoms with E-state index in [1.807, 2.05) is 48.5 Å². The molecular formula is C21H23N3O5. The van der Waals surface area contributed by atoms with Gasteiger partial charge in [0, 0.05) is 37.2 Å². The molecule has 1 fully saturated rings. The molecule has 2 aromatic rings. The number of anilines is 1. The number of nitrogens with zero attached hydrogens (tertiary/aromatic N) is 1. The summed E-state index contributed by atoms with van der Waals surface area (Å²) in [5, 5.41) is 5.58. The molecule has 1 atom stereocenters. The van der Waals surface area contributed by atoms with Crippen LogP contribution in [0.15, 0.2) is 48.5 Å². The van der Waals surface area contributed by atoms with Crippen LogP contribution >= 0.6 is 0 Å². The van der Waals surface area contributed by atoms with Crippen LogP contribution in [0, 0.1) is 5.92 Å². The van der Waals surface area contributed by atoms with E-state index in [9.17, 15) is 9.59 Å². The number of ether oxygens (including phenoxy) is 3. The molecule has 1 unspecified atom stereocenters. The van der Waals surface area contributed by atoms with Gasteiger partial charge in [-0.05, 0) is 24.3 Å². The van der Waals surface area contributed by atoms with E-state index in [0.29, 0.717) is 44.2 Å². The average molecular weight is 397 g/mol. The summed E-state index contributed by atoms with van der Waals surface area (Å²) in [5.74, 6) is 2.19. The van der Waals surface area contributed by atoms with E-state index in [0.717, 1.165) is 11.4 Å². The molecule has 0 saturated carbocycles. The van der Waals surface area contributed by atoms with Gasteiger partial charge in [-0.1, -0.05) is 18.2 Å². The first kappa shape index (κ1) is 18.9. The number of rotatable bonds is 7. The van der Waals surface area contributed by atoms with Crippen LogP contribution in [0.4, 0.5) is 10.5 Å². The van der Waals surface area contributed by atoms with E-state index < -0.39 is 0 Å². The molecule has 2 aliphatic rings. The second-order valence-electron chi connectivity index (χ2n) is 6.91. The molecule has 4 rings (SSSR count). The first-order valence-corrected chi connectivity index (χ1v) is 9.58. The molecule has 152 valence electrons. The predicted molar refractivity (Wildman–Crippen MR) is 106 cm³/mol. The Labute approximate surface area is 168 Å². The second kappa shape index (κ2) is 8.72. The lowest BCUT2D eigenvalue weighted by molar-refractivity contribution is -0.117. The number of benzene rings is 2. The standard InChI is InChI=1S/C21H23N3O5/c25-20-10-15(13-24(20)16-6-7-18-19(11-16)29-14-28-18)12-23-21(26)22-8-9-27-17-4-2-1-3-5-17/h1-7,11,15H,8-10,12-14H2,(H2,22,23,26). The molecule has 2 aromatic carbocycles. The van der Waals surface area contributed by atoms with Crippen molar-refractivity contribution < 1.29 is 23.8 Å². The highest BCUT2D eigenvalue weighted by Crippen LogP contribution is 2.37. The van der Waals surface area contributed by atoms with Crippen LogP contribution in [0.3, 0.4) is 0 Å². The summed E-state index contributed by atoms with van der Waals surface area (Å²) in [6, 6.07) is 14.6. The number of hydrogen-bond acceptors (Lipinski definition) is 5. The molecule has 0 bridgehead atoms. The van der Waals surface area contributed by atoms with Crippen LogP contribution in [0.25, 0.3) is 0 Å². The van der Waals surface area contributed by atoms with Gasteiger partial charge in [-0.15, -0.1) is 0 Å². The third-order valence-corrected chi connectivity index (χ3v) is 4.82. The lowest BCUT2D eigenvalue weighted by Crippen LogP contribution is -2.40. The summed E-state index contributed by atoms with van der Waals surface area (Å²) in [6.07, 6.45) is 0.395. The minimum atomic E-state index is -0.268. The van der Waals surface area contributed by atoms with Crippen molar-refractivity contribution in [2.24, 2.45) is 5.92 Å². The summed E-state index contributed by atoms with van der Waals surface area (Å²) in [6.45, 7) is 1.96. The minimum absolute atomic E-state index is 0.0346. The third kappa shape index (κ3) is 4.71. The van der Waals surface area contributed by atoms with Crippen molar-refractivity contribution in [2.45, 2.75) is 6.42 Å². The maximum atomic E-state index is 12.4. The zero-order valence-electron chi connectivity index (χ0n) is 15.9. The van der Waals surface area contributed by atoms with Crippen LogP contribution in [0.1, 0.15) is 6.42 Å². The molecule has 0 aliphatic carbocycles. The number of carbonyl (C=O) groups excluding carboxylic acids is 2. The quantitative estimate of drug-likeness (QED) is 0.699. The van der Waals surface area contributed by atoms with Crippen molar-refractivity contribution in [3.8, 4) is 17.2 Å². The molecule has 0 radical (unpaired) electrons. The Kier molecular flexibility index (Phi) is 5.69. The topological polar surface area (TPSA) is 89.1 Å². The smallest absolute Gasteiger partial charge is 0.314 e. The van der Waals surface area contributed by atoms with Gasteiger partial charge in [0.25, 0.3) is 0 Å². The number of hydrogen-bond donors (Lipinski definition) is 2. The van der Waals surface area contributed by atoms with Crippen LogP contribution in [0.2, 0.25) is 0 Å². The van der Waals surface area contributed by atoms with Gasteiger partial charge in [0.2, 0.25) is 12.7 Å². The Hall–Kier alpha value is -3.42. The fraction of sp³-hybridized carbons (Fsp3) is 0.333. The maximum absolute atomic E-state index is 12.4. The summed E-state index contributed by atoms with van der Waals surface area (Å²) in [5.41, 5.74) is 0.782. The van der Waals surface area contributed by atoms with E-state index in [-0.39, 0.29) is 24.6 Å². The molecule has 8 nitrogen and oxygen atoms in total. The lowest BCUT2D eigenvalue weighted by Gasteiger charge is -2.17. The molecule has 0 aromatic heterocycles. The summed E-state index contributed by atoms with van der Waals surface area (Å²) in [4.78, 5) is 26.1. The fourth-order valence-corrected chi connectivity index (χ4v) is 3.37. The summed E-state index contributed by atoms with van der Waals surface area (Å²) in [7, 11) is 0. The molecule has 3 amide bonds. The number of carbonyl (C=O) groups is 2. The normalized spacial score (nSPS) is 17.3. The van der Waals surface area contributed by atoms with Gasteiger partial charge >= 0.3 is 6.03 Å². The first-order chi connectivity index (χ1) is 14.2. The van der Waals surface area contributed by atoms with Crippen LogP contribution in [-0.4, -0.2) is 45.0 Å². The summed E-state index contributed by atoms with van der Waals surface area (Å²) < 4.78 is 16.2. The Morgan fingerprint density at radius 2 is 1.93 bits per heavy atom. The van der Waals surface area contributed by atoms with Crippen molar-refractivity contribution >= 4 is 17.6 Å². The van der Waals surface area contributed by atoms with Gasteiger partial charge in [-0.25, -0.2) is 4.79 Å². The van der Waals surface area contributed by atoms with Gasteiger partial charge in [-0.2, -0.15) is 0 Å². The van der Waals surface area contributed by atoms with E-state index in [1.54, 1.807) is 4.90 Å². The van der Waals surface area contributed by atoms with Crippen molar-refractivity contribution in [3.05, 3.63) is 48.5 Å². The highest BCUT2D eigenvalue weighted by Gasteiger charge is 2.31. The average Bonchev–Trinajstić information content (AvgIpc) is 3.36. The molecule has 2 heterocycles. The zero-order valence-corrected chi connectivity index (χ0v) is 15.9. The van der Waals surface area contributed by atoms with Gasteiger partial charge in [0.05, 0.1) is 6.54 Å². The lowest BCUT2D eigenvalue weighted by atomic mass is 10.1. The monoisotopic (exact) mass is 397 g/mol. The van der Waals surface area contributed by atoms with E-state index >= 15 is 0 Å². The minimum Gasteiger partial charge on any atom is -0.492 e. The molecule has 0 spiro atoms. The van der Waals surface area contributed by atoms with Gasteiger partial charge < -0.3 is 29.7 Å². The Bertz CT molecular complexity index is 874. The van der Waals surface area contributed by atoms with E-state index in [4.69, 9.17) is 14.2 Å². The zero-order chi connectivity index (χ0) is 20.1. The second-order valence-corrected chi connectivity index (χ2v) is 6.91. The highest BCUT2D eigenvalue weighted by molar-refractivity contribution is 5.96. The molecule has 2 aliphatic heterocycles. The molecule has 29 heavy (non-hydrogen) atoms. The van der Waals surface area contributed by atoms with Crippen molar-refractivity contribution in [1.29, 1.82) is 0 Å². The first-order valence-electron chi connectivity index (χ1n) is 9.58. The molecule has 2 N–H and O–H groups in total. The maximum Gasteiger partial charge on any atom is 0.314 e. The van der Waals surface area contributed by atoms with Crippen molar-refractivity contribution in [2.75, 3.05) is 37.9 Å². The largest absolute Gasteiger partial charge is 0.492 e. The SMILES string of the molecule is O=C(NCCOc1ccccc1)NCC1CC(=O)N(c2ccc3c(c2)OCO3)C1. The fourth-order valence-electron chi connectivity index (χ4n) is 3.37. The van der Waals surface area contributed by atoms with Crippen LogP contribution in [0.5, 0.6) is 17.2 Å². The molecular weight excluding hydrogens is 374 g/mol. The third-order valence-electron chi connectivity index (χ3n) is 4.82. The van der Waals surface area contributed by atoms with Crippen LogP contribution < -0.4 is 29.7 Å². The Morgan fingerprint density at radius 1 is 1.10 bits per heavy atom. The Morgan fingerprint density at radius 3 is 2.79 bits per heavy atom. The van der Waals surface area contributed by atoms with Crippen LogP contribution in [-0.2, 0) is 4.79 Å². The number of para-hydroxylation sites is 1. The van der Waals surface area contributed by atoms with Gasteiger partial charge in [0.1, 0.15) is 12.4 Å². The van der Waals surface area contributed by atoms with E-state index in [2.05, 4.69) is 10.6 Å². The summed E-state index contributed by atoms with van der Waals surface area (Å²) >= 11 is 0.